The average molecular weight is 284 g/mol. The van der Waals surface area contributed by atoms with Crippen molar-refractivity contribution in [3.63, 3.8) is 0 Å². The van der Waals surface area contributed by atoms with E-state index in [-0.39, 0.29) is 11.5 Å². The van der Waals surface area contributed by atoms with Crippen LogP contribution in [0.25, 0.3) is 0 Å². The normalized spacial score (nSPS) is 15.0. The van der Waals surface area contributed by atoms with Crippen LogP contribution in [0.1, 0.15) is 23.4 Å². The number of rotatable bonds is 3. The van der Waals surface area contributed by atoms with Crippen molar-refractivity contribution < 1.29 is 23.5 Å². The molecule has 0 radical (unpaired) electrons. The zero-order valence-corrected chi connectivity index (χ0v) is 10.9. The van der Waals surface area contributed by atoms with Gasteiger partial charge in [-0.25, -0.2) is 0 Å². The van der Waals surface area contributed by atoms with Crippen LogP contribution in [0.5, 0.6) is 0 Å². The SMILES string of the molecule is OC(c1ccco1)C(O)(C#Cc1ccco1)c1ccco1. The number of hydrogen-bond acceptors (Lipinski definition) is 5. The monoisotopic (exact) mass is 284 g/mol. The van der Waals surface area contributed by atoms with Gasteiger partial charge in [0.2, 0.25) is 5.60 Å². The van der Waals surface area contributed by atoms with E-state index in [0.717, 1.165) is 0 Å². The molecule has 0 aliphatic rings. The van der Waals surface area contributed by atoms with Crippen molar-refractivity contribution in [2.24, 2.45) is 0 Å². The number of hydrogen-bond donors (Lipinski definition) is 2. The summed E-state index contributed by atoms with van der Waals surface area (Å²) in [5, 5.41) is 21.2. The van der Waals surface area contributed by atoms with Crippen LogP contribution >= 0.6 is 0 Å². The number of aliphatic hydroxyl groups is 2. The molecule has 0 saturated carbocycles. The quantitative estimate of drug-likeness (QED) is 0.722. The predicted molar refractivity (Wildman–Crippen MR) is 71.9 cm³/mol. The fourth-order valence-corrected chi connectivity index (χ4v) is 1.92. The summed E-state index contributed by atoms with van der Waals surface area (Å²) in [5.41, 5.74) is -1.95. The van der Waals surface area contributed by atoms with Gasteiger partial charge in [0.15, 0.2) is 17.6 Å². The van der Waals surface area contributed by atoms with Crippen molar-refractivity contribution >= 4 is 0 Å². The smallest absolute Gasteiger partial charge is 0.217 e. The van der Waals surface area contributed by atoms with E-state index in [4.69, 9.17) is 13.3 Å². The van der Waals surface area contributed by atoms with Crippen molar-refractivity contribution in [1.29, 1.82) is 0 Å². The predicted octanol–water partition coefficient (Wildman–Crippen LogP) is 2.44. The zero-order chi connectivity index (χ0) is 14.7. The Labute approximate surface area is 120 Å². The Morgan fingerprint density at radius 1 is 0.952 bits per heavy atom. The first-order valence-electron chi connectivity index (χ1n) is 6.24. The first kappa shape index (κ1) is 13.3. The maximum atomic E-state index is 10.8. The molecule has 0 saturated heterocycles. The van der Waals surface area contributed by atoms with Crippen LogP contribution in [0, 0.1) is 11.8 Å². The number of furan rings is 3. The van der Waals surface area contributed by atoms with Crippen LogP contribution in [-0.4, -0.2) is 10.2 Å². The molecule has 0 amide bonds. The summed E-state index contributed by atoms with van der Waals surface area (Å²) in [5.74, 6) is 5.93. The Morgan fingerprint density at radius 2 is 1.67 bits per heavy atom. The van der Waals surface area contributed by atoms with Gasteiger partial charge in [-0.2, -0.15) is 0 Å². The second-order valence-corrected chi connectivity index (χ2v) is 4.39. The summed E-state index contributed by atoms with van der Waals surface area (Å²) < 4.78 is 15.4. The summed E-state index contributed by atoms with van der Waals surface area (Å²) in [6.07, 6.45) is 2.87. The minimum atomic E-state index is -1.95. The van der Waals surface area contributed by atoms with Gasteiger partial charge in [-0.15, -0.1) is 0 Å². The molecule has 2 atom stereocenters. The molecule has 5 nitrogen and oxygen atoms in total. The molecule has 3 rings (SSSR count). The molecule has 5 heteroatoms. The molecule has 0 spiro atoms. The third-order valence-corrected chi connectivity index (χ3v) is 3.00. The van der Waals surface area contributed by atoms with E-state index >= 15 is 0 Å². The summed E-state index contributed by atoms with van der Waals surface area (Å²) in [6.45, 7) is 0. The largest absolute Gasteiger partial charge is 0.466 e. The fourth-order valence-electron chi connectivity index (χ4n) is 1.92. The van der Waals surface area contributed by atoms with Gasteiger partial charge in [0.25, 0.3) is 0 Å². The van der Waals surface area contributed by atoms with E-state index in [2.05, 4.69) is 11.8 Å². The van der Waals surface area contributed by atoms with Gasteiger partial charge in [-0.3, -0.25) is 0 Å². The van der Waals surface area contributed by atoms with Gasteiger partial charge < -0.3 is 23.5 Å². The van der Waals surface area contributed by atoms with E-state index in [9.17, 15) is 10.2 Å². The second-order valence-electron chi connectivity index (χ2n) is 4.39. The third kappa shape index (κ3) is 2.50. The van der Waals surface area contributed by atoms with Gasteiger partial charge in [0.1, 0.15) is 5.76 Å². The van der Waals surface area contributed by atoms with Crippen LogP contribution < -0.4 is 0 Å². The Kier molecular flexibility index (Phi) is 3.40. The first-order valence-corrected chi connectivity index (χ1v) is 6.24. The highest BCUT2D eigenvalue weighted by Crippen LogP contribution is 2.35. The van der Waals surface area contributed by atoms with E-state index < -0.39 is 11.7 Å². The van der Waals surface area contributed by atoms with Crippen LogP contribution in [-0.2, 0) is 5.60 Å². The van der Waals surface area contributed by atoms with Crippen LogP contribution in [0.3, 0.4) is 0 Å². The van der Waals surface area contributed by atoms with E-state index in [1.807, 2.05) is 0 Å². The highest BCUT2D eigenvalue weighted by atomic mass is 16.4. The summed E-state index contributed by atoms with van der Waals surface area (Å²) in [4.78, 5) is 0. The van der Waals surface area contributed by atoms with Gasteiger partial charge in [-0.1, -0.05) is 0 Å². The van der Waals surface area contributed by atoms with Crippen molar-refractivity contribution in [3.05, 3.63) is 72.5 Å². The van der Waals surface area contributed by atoms with Crippen LogP contribution in [0.2, 0.25) is 0 Å². The van der Waals surface area contributed by atoms with E-state index in [1.54, 1.807) is 30.3 Å². The molecular formula is C16H12O5. The van der Waals surface area contributed by atoms with Crippen molar-refractivity contribution in [1.82, 2.24) is 0 Å². The van der Waals surface area contributed by atoms with Crippen molar-refractivity contribution in [2.45, 2.75) is 11.7 Å². The second kappa shape index (κ2) is 5.37. The lowest BCUT2D eigenvalue weighted by Crippen LogP contribution is -2.31. The minimum Gasteiger partial charge on any atom is -0.466 e. The summed E-state index contributed by atoms with van der Waals surface area (Å²) in [6, 6.07) is 9.62. The fraction of sp³-hybridized carbons (Fsp3) is 0.125. The topological polar surface area (TPSA) is 79.9 Å². The Hall–Kier alpha value is -2.68. The van der Waals surface area contributed by atoms with E-state index in [1.165, 1.54) is 24.9 Å². The highest BCUT2D eigenvalue weighted by molar-refractivity contribution is 5.35. The number of aliphatic hydroxyl groups excluding tert-OH is 1. The summed E-state index contributed by atoms with van der Waals surface area (Å²) >= 11 is 0. The standard InChI is InChI=1S/C16H12O5/c17-15(13-5-2-10-20-13)16(18,14-6-3-11-21-14)8-7-12-4-1-9-19-12/h1-6,9-11,15,17-18H. The molecule has 0 aliphatic carbocycles. The van der Waals surface area contributed by atoms with E-state index in [0.29, 0.717) is 5.76 Å². The molecule has 2 unspecified atom stereocenters. The zero-order valence-electron chi connectivity index (χ0n) is 10.9. The Bertz CT molecular complexity index is 729. The van der Waals surface area contributed by atoms with Gasteiger partial charge in [0.05, 0.1) is 18.8 Å². The molecular weight excluding hydrogens is 272 g/mol. The lowest BCUT2D eigenvalue weighted by molar-refractivity contribution is -0.0614. The maximum absolute atomic E-state index is 10.8. The molecule has 21 heavy (non-hydrogen) atoms. The lowest BCUT2D eigenvalue weighted by Gasteiger charge is -2.24. The van der Waals surface area contributed by atoms with Crippen molar-refractivity contribution in [2.75, 3.05) is 0 Å². The maximum Gasteiger partial charge on any atom is 0.217 e. The Balaban J connectivity index is 2.03. The van der Waals surface area contributed by atoms with Crippen molar-refractivity contribution in [3.8, 4) is 11.8 Å². The van der Waals surface area contributed by atoms with Gasteiger partial charge in [-0.05, 0) is 48.2 Å². The molecule has 106 valence electrons. The molecule has 0 aromatic carbocycles. The molecule has 3 aromatic rings. The average Bonchev–Trinajstić information content (AvgIpc) is 3.27. The Morgan fingerprint density at radius 3 is 2.29 bits per heavy atom. The molecule has 2 N–H and O–H groups in total. The third-order valence-electron chi connectivity index (χ3n) is 3.00. The minimum absolute atomic E-state index is 0.116. The molecule has 3 heterocycles. The summed E-state index contributed by atoms with van der Waals surface area (Å²) in [7, 11) is 0. The first-order chi connectivity index (χ1) is 10.2. The van der Waals surface area contributed by atoms with Crippen LogP contribution in [0.15, 0.2) is 68.4 Å². The molecule has 0 aliphatic heterocycles. The highest BCUT2D eigenvalue weighted by Gasteiger charge is 2.41. The van der Waals surface area contributed by atoms with Crippen LogP contribution in [0.4, 0.5) is 0 Å². The molecule has 0 fully saturated rings. The molecule has 0 bridgehead atoms. The van der Waals surface area contributed by atoms with Gasteiger partial charge >= 0.3 is 0 Å². The lowest BCUT2D eigenvalue weighted by atomic mass is 9.92. The van der Waals surface area contributed by atoms with Gasteiger partial charge in [0, 0.05) is 0 Å². The molecule has 3 aromatic heterocycles.